The lowest BCUT2D eigenvalue weighted by atomic mass is 9.88. The van der Waals surface area contributed by atoms with Crippen LogP contribution in [-0.4, -0.2) is 22.0 Å². The second kappa shape index (κ2) is 6.17. The largest absolute Gasteiger partial charge is 0.367 e. The molecule has 0 aromatic carbocycles. The summed E-state index contributed by atoms with van der Waals surface area (Å²) in [6.45, 7) is 8.92. The highest BCUT2D eigenvalue weighted by molar-refractivity contribution is 7.99. The second-order valence-electron chi connectivity index (χ2n) is 6.41. The van der Waals surface area contributed by atoms with Crippen molar-refractivity contribution in [3.05, 3.63) is 23.9 Å². The number of pyridine rings is 1. The lowest BCUT2D eigenvalue weighted by molar-refractivity contribution is 0.587. The molecule has 0 radical (unpaired) electrons. The summed E-state index contributed by atoms with van der Waals surface area (Å²) in [5, 5.41) is 4.43. The molecule has 0 aliphatic heterocycles. The maximum Gasteiger partial charge on any atom is 0.126 e. The molecular formula is C16H26N2S. The van der Waals surface area contributed by atoms with Crippen molar-refractivity contribution in [3.8, 4) is 0 Å². The fraction of sp³-hybridized carbons (Fsp3) is 0.688. The predicted molar refractivity (Wildman–Crippen MR) is 86.1 cm³/mol. The van der Waals surface area contributed by atoms with Crippen LogP contribution in [0.1, 0.15) is 52.5 Å². The fourth-order valence-corrected chi connectivity index (χ4v) is 3.73. The van der Waals surface area contributed by atoms with Crippen LogP contribution < -0.4 is 5.32 Å². The van der Waals surface area contributed by atoms with Crippen molar-refractivity contribution < 1.29 is 0 Å². The van der Waals surface area contributed by atoms with E-state index in [1.165, 1.54) is 30.6 Å². The molecule has 3 heteroatoms. The van der Waals surface area contributed by atoms with Gasteiger partial charge in [0.1, 0.15) is 5.82 Å². The van der Waals surface area contributed by atoms with Crippen molar-refractivity contribution in [3.63, 3.8) is 0 Å². The molecular weight excluding hydrogens is 252 g/mol. The Hall–Kier alpha value is -0.700. The SMILES string of the molecule is CCSC1CCC(Nc2ccc(C(C)(C)C)cn2)C1. The summed E-state index contributed by atoms with van der Waals surface area (Å²) in [7, 11) is 0. The molecule has 1 aliphatic carbocycles. The third-order valence-electron chi connectivity index (χ3n) is 3.77. The smallest absolute Gasteiger partial charge is 0.126 e. The fourth-order valence-electron chi connectivity index (χ4n) is 2.59. The molecule has 1 N–H and O–H groups in total. The van der Waals surface area contributed by atoms with E-state index >= 15 is 0 Å². The number of nitrogens with zero attached hydrogens (tertiary/aromatic N) is 1. The van der Waals surface area contributed by atoms with Crippen LogP contribution in [0.4, 0.5) is 5.82 Å². The molecule has 19 heavy (non-hydrogen) atoms. The molecule has 2 unspecified atom stereocenters. The Kier molecular flexibility index (Phi) is 4.77. The molecule has 2 rings (SSSR count). The molecule has 106 valence electrons. The highest BCUT2D eigenvalue weighted by atomic mass is 32.2. The van der Waals surface area contributed by atoms with Crippen LogP contribution in [0.2, 0.25) is 0 Å². The van der Waals surface area contributed by atoms with Crippen LogP contribution >= 0.6 is 11.8 Å². The van der Waals surface area contributed by atoms with Crippen molar-refractivity contribution in [2.45, 2.75) is 63.7 Å². The minimum Gasteiger partial charge on any atom is -0.367 e. The number of hydrogen-bond donors (Lipinski definition) is 1. The zero-order valence-electron chi connectivity index (χ0n) is 12.6. The monoisotopic (exact) mass is 278 g/mol. The zero-order valence-corrected chi connectivity index (χ0v) is 13.4. The summed E-state index contributed by atoms with van der Waals surface area (Å²) in [6, 6.07) is 4.93. The normalized spacial score (nSPS) is 23.6. The number of aromatic nitrogens is 1. The van der Waals surface area contributed by atoms with Gasteiger partial charge in [-0.1, -0.05) is 33.8 Å². The Morgan fingerprint density at radius 3 is 2.68 bits per heavy atom. The van der Waals surface area contributed by atoms with E-state index in [1.54, 1.807) is 0 Å². The van der Waals surface area contributed by atoms with Gasteiger partial charge < -0.3 is 5.32 Å². The van der Waals surface area contributed by atoms with Gasteiger partial charge in [0.15, 0.2) is 0 Å². The van der Waals surface area contributed by atoms with Gasteiger partial charge in [-0.25, -0.2) is 4.98 Å². The van der Waals surface area contributed by atoms with Crippen LogP contribution in [-0.2, 0) is 5.41 Å². The van der Waals surface area contributed by atoms with Crippen molar-refractivity contribution in [2.24, 2.45) is 0 Å². The summed E-state index contributed by atoms with van der Waals surface area (Å²) >= 11 is 2.10. The number of nitrogens with one attached hydrogen (secondary N) is 1. The van der Waals surface area contributed by atoms with E-state index in [-0.39, 0.29) is 5.41 Å². The summed E-state index contributed by atoms with van der Waals surface area (Å²) < 4.78 is 0. The molecule has 1 aromatic rings. The van der Waals surface area contributed by atoms with Gasteiger partial charge in [-0.15, -0.1) is 0 Å². The lowest BCUT2D eigenvalue weighted by Crippen LogP contribution is -2.17. The number of anilines is 1. The third kappa shape index (κ3) is 4.13. The van der Waals surface area contributed by atoms with Crippen molar-refractivity contribution in [2.75, 3.05) is 11.1 Å². The first-order chi connectivity index (χ1) is 8.99. The summed E-state index contributed by atoms with van der Waals surface area (Å²) in [5.74, 6) is 2.26. The molecule has 0 amide bonds. The molecule has 0 bridgehead atoms. The molecule has 1 heterocycles. The van der Waals surface area contributed by atoms with Crippen molar-refractivity contribution >= 4 is 17.6 Å². The molecule has 0 saturated heterocycles. The molecule has 1 aromatic heterocycles. The van der Waals surface area contributed by atoms with Gasteiger partial charge in [-0.2, -0.15) is 11.8 Å². The first-order valence-corrected chi connectivity index (χ1v) is 8.38. The van der Waals surface area contributed by atoms with Gasteiger partial charge in [-0.05, 0) is 42.1 Å². The Bertz CT molecular complexity index is 394. The van der Waals surface area contributed by atoms with Crippen molar-refractivity contribution in [1.82, 2.24) is 4.98 Å². The summed E-state index contributed by atoms with van der Waals surface area (Å²) in [6.07, 6.45) is 5.91. The van der Waals surface area contributed by atoms with E-state index in [0.717, 1.165) is 11.1 Å². The Labute approximate surface area is 121 Å². The summed E-state index contributed by atoms with van der Waals surface area (Å²) in [4.78, 5) is 4.56. The van der Waals surface area contributed by atoms with Crippen LogP contribution in [0, 0.1) is 0 Å². The van der Waals surface area contributed by atoms with E-state index in [2.05, 4.69) is 61.9 Å². The van der Waals surface area contributed by atoms with Crippen molar-refractivity contribution in [1.29, 1.82) is 0 Å². The van der Waals surface area contributed by atoms with E-state index < -0.39 is 0 Å². The standard InChI is InChI=1S/C16H26N2S/c1-5-19-14-8-7-13(10-14)18-15-9-6-12(11-17-15)16(2,3)4/h6,9,11,13-14H,5,7-8,10H2,1-4H3,(H,17,18). The first kappa shape index (κ1) is 14.7. The van der Waals surface area contributed by atoms with E-state index in [9.17, 15) is 0 Å². The Morgan fingerprint density at radius 1 is 1.32 bits per heavy atom. The predicted octanol–water partition coefficient (Wildman–Crippen LogP) is 4.47. The van der Waals surface area contributed by atoms with E-state index in [0.29, 0.717) is 6.04 Å². The Morgan fingerprint density at radius 2 is 2.11 bits per heavy atom. The third-order valence-corrected chi connectivity index (χ3v) is 5.00. The van der Waals surface area contributed by atoms with E-state index in [1.807, 2.05) is 6.20 Å². The van der Waals surface area contributed by atoms with Gasteiger partial charge >= 0.3 is 0 Å². The molecule has 1 aliphatic rings. The van der Waals surface area contributed by atoms with Crippen LogP contribution in [0.3, 0.4) is 0 Å². The molecule has 2 nitrogen and oxygen atoms in total. The number of rotatable bonds is 4. The Balaban J connectivity index is 1.90. The maximum atomic E-state index is 4.56. The molecule has 1 saturated carbocycles. The quantitative estimate of drug-likeness (QED) is 0.880. The minimum atomic E-state index is 0.182. The molecule has 2 atom stereocenters. The van der Waals surface area contributed by atoms with Crippen LogP contribution in [0.5, 0.6) is 0 Å². The van der Waals surface area contributed by atoms with Gasteiger partial charge in [0.05, 0.1) is 0 Å². The van der Waals surface area contributed by atoms with Crippen LogP contribution in [0.15, 0.2) is 18.3 Å². The molecule has 0 spiro atoms. The highest BCUT2D eigenvalue weighted by Gasteiger charge is 2.24. The highest BCUT2D eigenvalue weighted by Crippen LogP contribution is 2.31. The van der Waals surface area contributed by atoms with Gasteiger partial charge in [0.2, 0.25) is 0 Å². The van der Waals surface area contributed by atoms with Gasteiger partial charge in [0.25, 0.3) is 0 Å². The first-order valence-electron chi connectivity index (χ1n) is 7.33. The number of hydrogen-bond acceptors (Lipinski definition) is 3. The zero-order chi connectivity index (χ0) is 13.9. The van der Waals surface area contributed by atoms with Crippen LogP contribution in [0.25, 0.3) is 0 Å². The molecule has 1 fully saturated rings. The topological polar surface area (TPSA) is 24.9 Å². The second-order valence-corrected chi connectivity index (χ2v) is 7.99. The summed E-state index contributed by atoms with van der Waals surface area (Å²) in [5.41, 5.74) is 1.48. The minimum absolute atomic E-state index is 0.182. The average molecular weight is 278 g/mol. The number of thioether (sulfide) groups is 1. The maximum absolute atomic E-state index is 4.56. The van der Waals surface area contributed by atoms with E-state index in [4.69, 9.17) is 0 Å². The van der Waals surface area contributed by atoms with Gasteiger partial charge in [0, 0.05) is 17.5 Å². The van der Waals surface area contributed by atoms with Gasteiger partial charge in [-0.3, -0.25) is 0 Å². The average Bonchev–Trinajstić information content (AvgIpc) is 2.77. The lowest BCUT2D eigenvalue weighted by Gasteiger charge is -2.19.